The number of thiazole rings is 1. The second kappa shape index (κ2) is 8.00. The summed E-state index contributed by atoms with van der Waals surface area (Å²) in [6.07, 6.45) is 6.38. The molecule has 0 amide bonds. The second-order valence-electron chi connectivity index (χ2n) is 4.89. The molecule has 0 fully saturated rings. The Kier molecular flexibility index (Phi) is 5.99. The molecule has 0 aliphatic carbocycles. The van der Waals surface area contributed by atoms with E-state index in [1.165, 1.54) is 44.2 Å². The quantitative estimate of drug-likeness (QED) is 0.665. The van der Waals surface area contributed by atoms with Crippen LogP contribution in [0.15, 0.2) is 29.6 Å². The normalized spacial score (nSPS) is 10.7. The van der Waals surface area contributed by atoms with E-state index in [0.717, 1.165) is 22.9 Å². The highest BCUT2D eigenvalue weighted by atomic mass is 32.1. The van der Waals surface area contributed by atoms with Gasteiger partial charge in [0.15, 0.2) is 5.13 Å². The maximum absolute atomic E-state index is 12.9. The highest BCUT2D eigenvalue weighted by Gasteiger charge is 2.04. The summed E-state index contributed by atoms with van der Waals surface area (Å²) in [5.74, 6) is -0.214. The average molecular weight is 292 g/mol. The van der Waals surface area contributed by atoms with Crippen LogP contribution in [0.5, 0.6) is 0 Å². The first-order chi connectivity index (χ1) is 9.79. The summed E-state index contributed by atoms with van der Waals surface area (Å²) in [6.45, 7) is 3.20. The molecule has 0 saturated carbocycles. The van der Waals surface area contributed by atoms with Crippen LogP contribution in [0.1, 0.15) is 39.0 Å². The van der Waals surface area contributed by atoms with Gasteiger partial charge < -0.3 is 5.32 Å². The Hall–Kier alpha value is -1.42. The molecule has 1 aromatic heterocycles. The fourth-order valence-electron chi connectivity index (χ4n) is 2.03. The summed E-state index contributed by atoms with van der Waals surface area (Å²) in [6, 6.07) is 6.46. The lowest BCUT2D eigenvalue weighted by molar-refractivity contribution is 0.628. The van der Waals surface area contributed by atoms with Crippen molar-refractivity contribution >= 4 is 16.5 Å². The predicted octanol–water partition coefficient (Wildman–Crippen LogP) is 5.33. The van der Waals surface area contributed by atoms with E-state index in [4.69, 9.17) is 0 Å². The number of hydrogen-bond acceptors (Lipinski definition) is 3. The third kappa shape index (κ3) is 4.60. The summed E-state index contributed by atoms with van der Waals surface area (Å²) < 4.78 is 12.9. The zero-order chi connectivity index (χ0) is 14.2. The molecule has 0 aliphatic rings. The molecule has 0 unspecified atom stereocenters. The molecule has 4 heteroatoms. The fourth-order valence-corrected chi connectivity index (χ4v) is 2.78. The SMILES string of the molecule is CCCCCCCNc1nc(-c2ccc(F)cc2)cs1. The molecule has 2 aromatic rings. The maximum atomic E-state index is 12.9. The number of rotatable bonds is 8. The number of unbranched alkanes of at least 4 members (excludes halogenated alkanes) is 4. The summed E-state index contributed by atoms with van der Waals surface area (Å²) in [7, 11) is 0. The van der Waals surface area contributed by atoms with Crippen LogP contribution >= 0.6 is 11.3 Å². The van der Waals surface area contributed by atoms with Gasteiger partial charge in [-0.1, -0.05) is 32.6 Å². The van der Waals surface area contributed by atoms with E-state index in [0.29, 0.717) is 0 Å². The Morgan fingerprint density at radius 3 is 2.60 bits per heavy atom. The minimum Gasteiger partial charge on any atom is -0.362 e. The molecule has 20 heavy (non-hydrogen) atoms. The molecule has 0 radical (unpaired) electrons. The number of anilines is 1. The van der Waals surface area contributed by atoms with Gasteiger partial charge in [-0.25, -0.2) is 9.37 Å². The van der Waals surface area contributed by atoms with Crippen molar-refractivity contribution in [1.29, 1.82) is 0 Å². The Morgan fingerprint density at radius 1 is 1.10 bits per heavy atom. The molecule has 0 bridgehead atoms. The summed E-state index contributed by atoms with van der Waals surface area (Å²) >= 11 is 1.60. The van der Waals surface area contributed by atoms with E-state index in [-0.39, 0.29) is 5.82 Å². The van der Waals surface area contributed by atoms with Gasteiger partial charge in [0.25, 0.3) is 0 Å². The van der Waals surface area contributed by atoms with E-state index in [2.05, 4.69) is 17.2 Å². The molecule has 0 saturated heterocycles. The lowest BCUT2D eigenvalue weighted by Gasteiger charge is -2.02. The number of nitrogens with zero attached hydrogens (tertiary/aromatic N) is 1. The van der Waals surface area contributed by atoms with Crippen molar-refractivity contribution in [2.75, 3.05) is 11.9 Å². The van der Waals surface area contributed by atoms with Gasteiger partial charge >= 0.3 is 0 Å². The monoisotopic (exact) mass is 292 g/mol. The maximum Gasteiger partial charge on any atom is 0.183 e. The molecule has 108 valence electrons. The van der Waals surface area contributed by atoms with Crippen LogP contribution in [0, 0.1) is 5.82 Å². The van der Waals surface area contributed by atoms with Gasteiger partial charge in [-0.05, 0) is 30.7 Å². The van der Waals surface area contributed by atoms with Crippen molar-refractivity contribution in [1.82, 2.24) is 4.98 Å². The Morgan fingerprint density at radius 2 is 1.85 bits per heavy atom. The predicted molar refractivity (Wildman–Crippen MR) is 84.8 cm³/mol. The fraction of sp³-hybridized carbons (Fsp3) is 0.438. The molecule has 2 nitrogen and oxygen atoms in total. The third-order valence-electron chi connectivity index (χ3n) is 3.20. The molecule has 0 aliphatic heterocycles. The lowest BCUT2D eigenvalue weighted by atomic mass is 10.1. The van der Waals surface area contributed by atoms with Crippen LogP contribution in [0.4, 0.5) is 9.52 Å². The molecule has 0 atom stereocenters. The molecule has 1 N–H and O–H groups in total. The molecular formula is C16H21FN2S. The number of nitrogens with one attached hydrogen (secondary N) is 1. The molecule has 2 rings (SSSR count). The minimum atomic E-state index is -0.214. The Balaban J connectivity index is 1.79. The Labute approximate surface area is 124 Å². The van der Waals surface area contributed by atoms with Crippen LogP contribution < -0.4 is 5.32 Å². The van der Waals surface area contributed by atoms with E-state index in [1.54, 1.807) is 23.5 Å². The van der Waals surface area contributed by atoms with Gasteiger partial charge in [0, 0.05) is 17.5 Å². The third-order valence-corrected chi connectivity index (χ3v) is 4.00. The number of hydrogen-bond donors (Lipinski definition) is 1. The number of aromatic nitrogens is 1. The van der Waals surface area contributed by atoms with E-state index >= 15 is 0 Å². The van der Waals surface area contributed by atoms with E-state index in [9.17, 15) is 4.39 Å². The lowest BCUT2D eigenvalue weighted by Crippen LogP contribution is -2.00. The van der Waals surface area contributed by atoms with Crippen molar-refractivity contribution in [3.8, 4) is 11.3 Å². The largest absolute Gasteiger partial charge is 0.362 e. The summed E-state index contributed by atoms with van der Waals surface area (Å²) in [5, 5.41) is 6.31. The van der Waals surface area contributed by atoms with Gasteiger partial charge in [-0.3, -0.25) is 0 Å². The summed E-state index contributed by atoms with van der Waals surface area (Å²) in [5.41, 5.74) is 1.86. The van der Waals surface area contributed by atoms with Crippen LogP contribution in [-0.2, 0) is 0 Å². The van der Waals surface area contributed by atoms with Crippen molar-refractivity contribution < 1.29 is 4.39 Å². The number of halogens is 1. The standard InChI is InChI=1S/C16H21FN2S/c1-2-3-4-5-6-11-18-16-19-15(12-20-16)13-7-9-14(17)10-8-13/h7-10,12H,2-6,11H2,1H3,(H,18,19). The van der Waals surface area contributed by atoms with Crippen molar-refractivity contribution in [3.05, 3.63) is 35.5 Å². The zero-order valence-electron chi connectivity index (χ0n) is 11.9. The van der Waals surface area contributed by atoms with Gasteiger partial charge in [0.1, 0.15) is 5.82 Å². The van der Waals surface area contributed by atoms with Gasteiger partial charge in [0.05, 0.1) is 5.69 Å². The highest BCUT2D eigenvalue weighted by Crippen LogP contribution is 2.25. The molecule has 1 aromatic carbocycles. The molecule has 0 spiro atoms. The average Bonchev–Trinajstić information content (AvgIpc) is 2.92. The van der Waals surface area contributed by atoms with E-state index < -0.39 is 0 Å². The zero-order valence-corrected chi connectivity index (χ0v) is 12.7. The minimum absolute atomic E-state index is 0.214. The first-order valence-corrected chi connectivity index (χ1v) is 8.13. The van der Waals surface area contributed by atoms with Crippen molar-refractivity contribution in [2.24, 2.45) is 0 Å². The van der Waals surface area contributed by atoms with Crippen LogP contribution in [0.25, 0.3) is 11.3 Å². The van der Waals surface area contributed by atoms with Crippen LogP contribution in [0.2, 0.25) is 0 Å². The van der Waals surface area contributed by atoms with Gasteiger partial charge in [-0.15, -0.1) is 11.3 Å². The molecule has 1 heterocycles. The smallest absolute Gasteiger partial charge is 0.183 e. The van der Waals surface area contributed by atoms with Crippen molar-refractivity contribution in [2.45, 2.75) is 39.0 Å². The van der Waals surface area contributed by atoms with E-state index in [1.807, 2.05) is 5.38 Å². The number of benzene rings is 1. The van der Waals surface area contributed by atoms with Crippen LogP contribution in [-0.4, -0.2) is 11.5 Å². The van der Waals surface area contributed by atoms with Crippen molar-refractivity contribution in [3.63, 3.8) is 0 Å². The van der Waals surface area contributed by atoms with Gasteiger partial charge in [-0.2, -0.15) is 0 Å². The summed E-state index contributed by atoms with van der Waals surface area (Å²) in [4.78, 5) is 4.53. The van der Waals surface area contributed by atoms with Crippen LogP contribution in [0.3, 0.4) is 0 Å². The topological polar surface area (TPSA) is 24.9 Å². The van der Waals surface area contributed by atoms with Gasteiger partial charge in [0.2, 0.25) is 0 Å². The highest BCUT2D eigenvalue weighted by molar-refractivity contribution is 7.14. The second-order valence-corrected chi connectivity index (χ2v) is 5.74. The Bertz CT molecular complexity index is 507. The first-order valence-electron chi connectivity index (χ1n) is 7.25. The first kappa shape index (κ1) is 15.0. The molecular weight excluding hydrogens is 271 g/mol.